The van der Waals surface area contributed by atoms with Gasteiger partial charge in [0, 0.05) is 46.1 Å². The summed E-state index contributed by atoms with van der Waals surface area (Å²) in [4.78, 5) is 36.5. The number of nitrogens with zero attached hydrogens (tertiary/aromatic N) is 5. The normalized spacial score (nSPS) is 14.3. The lowest BCUT2D eigenvalue weighted by Gasteiger charge is -2.12. The standard InChI is InChI=1S/C17H20N6O3/c1-4-5-7-17(19-20-17)8-9-18-13(24)11-23-10-6-12-14(23)21(2)16(26)22(3)15(12)25/h1,6,10H,5,7-9,11H2,2-3H3,(H,18,24). The zero-order valence-electron chi connectivity index (χ0n) is 14.7. The van der Waals surface area contributed by atoms with Crippen molar-refractivity contribution >= 4 is 16.9 Å². The maximum absolute atomic E-state index is 12.2. The molecular formula is C17H20N6O3. The maximum Gasteiger partial charge on any atom is 0.332 e. The Labute approximate surface area is 149 Å². The molecule has 1 amide bonds. The highest BCUT2D eigenvalue weighted by Crippen LogP contribution is 2.35. The fourth-order valence-electron chi connectivity index (χ4n) is 3.00. The van der Waals surface area contributed by atoms with Crippen molar-refractivity contribution in [2.75, 3.05) is 6.54 Å². The Morgan fingerprint density at radius 2 is 2.00 bits per heavy atom. The molecule has 0 radical (unpaired) electrons. The van der Waals surface area contributed by atoms with Crippen LogP contribution in [0.5, 0.6) is 0 Å². The van der Waals surface area contributed by atoms with Crippen LogP contribution in [0, 0.1) is 12.3 Å². The Balaban J connectivity index is 1.66. The van der Waals surface area contributed by atoms with Gasteiger partial charge in [0.2, 0.25) is 5.91 Å². The third-order valence-electron chi connectivity index (χ3n) is 4.57. The van der Waals surface area contributed by atoms with Crippen molar-refractivity contribution < 1.29 is 4.79 Å². The van der Waals surface area contributed by atoms with Crippen LogP contribution in [0.25, 0.3) is 11.0 Å². The van der Waals surface area contributed by atoms with Gasteiger partial charge in [-0.25, -0.2) is 4.79 Å². The van der Waals surface area contributed by atoms with E-state index in [0.717, 1.165) is 4.57 Å². The van der Waals surface area contributed by atoms with E-state index in [1.165, 1.54) is 11.6 Å². The van der Waals surface area contributed by atoms with Crippen LogP contribution in [0.3, 0.4) is 0 Å². The number of aromatic nitrogens is 3. The molecule has 136 valence electrons. The van der Waals surface area contributed by atoms with Crippen LogP contribution in [0.2, 0.25) is 0 Å². The van der Waals surface area contributed by atoms with Crippen LogP contribution in [-0.2, 0) is 25.4 Å². The number of rotatable bonds is 7. The molecule has 0 aromatic carbocycles. The van der Waals surface area contributed by atoms with Gasteiger partial charge in [-0.2, -0.15) is 10.2 Å². The summed E-state index contributed by atoms with van der Waals surface area (Å²) in [5, 5.41) is 11.3. The SMILES string of the molecule is C#CCCC1(CCNC(=O)Cn2ccc3c(=O)n(C)c(=O)n(C)c32)N=N1. The average molecular weight is 356 g/mol. The van der Waals surface area contributed by atoms with Gasteiger partial charge in [-0.1, -0.05) is 0 Å². The number of carbonyl (C=O) groups is 1. The minimum Gasteiger partial charge on any atom is -0.354 e. The van der Waals surface area contributed by atoms with E-state index in [2.05, 4.69) is 21.5 Å². The van der Waals surface area contributed by atoms with E-state index in [1.807, 2.05) is 0 Å². The fourth-order valence-corrected chi connectivity index (χ4v) is 3.00. The molecule has 2 aromatic rings. The van der Waals surface area contributed by atoms with Crippen LogP contribution in [0.1, 0.15) is 19.3 Å². The van der Waals surface area contributed by atoms with Gasteiger partial charge in [0.15, 0.2) is 5.66 Å². The third kappa shape index (κ3) is 3.18. The highest BCUT2D eigenvalue weighted by Gasteiger charge is 2.38. The smallest absolute Gasteiger partial charge is 0.332 e. The molecule has 0 atom stereocenters. The summed E-state index contributed by atoms with van der Waals surface area (Å²) < 4.78 is 4.00. The fraction of sp³-hybridized carbons (Fsp3) is 0.471. The minimum atomic E-state index is -0.435. The van der Waals surface area contributed by atoms with Crippen molar-refractivity contribution in [3.8, 4) is 12.3 Å². The molecule has 2 aromatic heterocycles. The molecule has 26 heavy (non-hydrogen) atoms. The molecule has 0 spiro atoms. The number of terminal acetylenes is 1. The van der Waals surface area contributed by atoms with Gasteiger partial charge in [-0.3, -0.25) is 18.7 Å². The minimum absolute atomic E-state index is 0.00951. The van der Waals surface area contributed by atoms with Crippen molar-refractivity contribution in [3.05, 3.63) is 33.1 Å². The first-order valence-corrected chi connectivity index (χ1v) is 8.27. The van der Waals surface area contributed by atoms with Gasteiger partial charge >= 0.3 is 5.69 Å². The summed E-state index contributed by atoms with van der Waals surface area (Å²) in [6, 6.07) is 1.61. The monoisotopic (exact) mass is 356 g/mol. The zero-order valence-corrected chi connectivity index (χ0v) is 14.7. The number of hydrogen-bond acceptors (Lipinski definition) is 5. The summed E-state index contributed by atoms with van der Waals surface area (Å²) in [6.45, 7) is 0.436. The first-order chi connectivity index (χ1) is 12.4. The summed E-state index contributed by atoms with van der Waals surface area (Å²) in [6.07, 6.45) is 8.77. The van der Waals surface area contributed by atoms with Gasteiger partial charge in [-0.15, -0.1) is 12.3 Å². The van der Waals surface area contributed by atoms with Crippen LogP contribution in [0.15, 0.2) is 32.1 Å². The average Bonchev–Trinajstić information content (AvgIpc) is 3.27. The Kier molecular flexibility index (Phi) is 4.50. The summed E-state index contributed by atoms with van der Waals surface area (Å²) in [5.74, 6) is 2.34. The van der Waals surface area contributed by atoms with Crippen molar-refractivity contribution in [1.29, 1.82) is 0 Å². The van der Waals surface area contributed by atoms with Gasteiger partial charge in [0.05, 0.1) is 5.39 Å². The summed E-state index contributed by atoms with van der Waals surface area (Å²) in [7, 11) is 3.00. The molecule has 1 aliphatic heterocycles. The van der Waals surface area contributed by atoms with Crippen molar-refractivity contribution in [1.82, 2.24) is 19.0 Å². The lowest BCUT2D eigenvalue weighted by molar-refractivity contribution is -0.121. The van der Waals surface area contributed by atoms with Crippen LogP contribution in [0.4, 0.5) is 0 Å². The molecule has 0 saturated heterocycles. The Bertz CT molecular complexity index is 1040. The second kappa shape index (κ2) is 6.63. The number of amides is 1. The second-order valence-corrected chi connectivity index (χ2v) is 6.37. The molecule has 3 rings (SSSR count). The lowest BCUT2D eigenvalue weighted by Crippen LogP contribution is -2.37. The topological polar surface area (TPSA) is 103 Å². The first kappa shape index (κ1) is 17.7. The molecule has 3 heterocycles. The number of carbonyl (C=O) groups excluding carboxylic acids is 1. The van der Waals surface area contributed by atoms with Crippen molar-refractivity contribution in [2.24, 2.45) is 24.3 Å². The molecule has 0 unspecified atom stereocenters. The predicted octanol–water partition coefficient (Wildman–Crippen LogP) is 0.120. The van der Waals surface area contributed by atoms with E-state index in [9.17, 15) is 14.4 Å². The van der Waals surface area contributed by atoms with Crippen LogP contribution in [-0.4, -0.2) is 31.8 Å². The van der Waals surface area contributed by atoms with E-state index in [1.54, 1.807) is 23.9 Å². The first-order valence-electron chi connectivity index (χ1n) is 8.27. The van der Waals surface area contributed by atoms with Crippen molar-refractivity contribution in [2.45, 2.75) is 31.5 Å². The quantitative estimate of drug-likeness (QED) is 0.713. The lowest BCUT2D eigenvalue weighted by atomic mass is 10.0. The Morgan fingerprint density at radius 1 is 1.27 bits per heavy atom. The molecule has 1 aliphatic rings. The van der Waals surface area contributed by atoms with Gasteiger partial charge < -0.3 is 9.88 Å². The van der Waals surface area contributed by atoms with Gasteiger partial charge in [0.25, 0.3) is 5.56 Å². The number of nitrogens with one attached hydrogen (secondary N) is 1. The van der Waals surface area contributed by atoms with E-state index >= 15 is 0 Å². The van der Waals surface area contributed by atoms with Crippen molar-refractivity contribution in [3.63, 3.8) is 0 Å². The maximum atomic E-state index is 12.2. The van der Waals surface area contributed by atoms with E-state index in [-0.39, 0.29) is 18.0 Å². The highest BCUT2D eigenvalue weighted by molar-refractivity contribution is 5.80. The molecule has 9 nitrogen and oxygen atoms in total. The number of aryl methyl sites for hydroxylation is 1. The molecule has 9 heteroatoms. The largest absolute Gasteiger partial charge is 0.354 e. The number of hydrogen-bond donors (Lipinski definition) is 1. The molecule has 0 bridgehead atoms. The molecular weight excluding hydrogens is 336 g/mol. The van der Waals surface area contributed by atoms with E-state index in [4.69, 9.17) is 6.42 Å². The third-order valence-corrected chi connectivity index (χ3v) is 4.57. The van der Waals surface area contributed by atoms with Gasteiger partial charge in [0.1, 0.15) is 12.2 Å². The molecule has 0 fully saturated rings. The summed E-state index contributed by atoms with van der Waals surface area (Å²) >= 11 is 0. The Morgan fingerprint density at radius 3 is 2.65 bits per heavy atom. The van der Waals surface area contributed by atoms with E-state index in [0.29, 0.717) is 36.8 Å². The van der Waals surface area contributed by atoms with E-state index < -0.39 is 11.4 Å². The predicted molar refractivity (Wildman–Crippen MR) is 95.7 cm³/mol. The second-order valence-electron chi connectivity index (χ2n) is 6.37. The molecule has 0 saturated carbocycles. The number of fused-ring (bicyclic) bond motifs is 1. The molecule has 1 N–H and O–H groups in total. The van der Waals surface area contributed by atoms with Crippen LogP contribution < -0.4 is 16.6 Å². The van der Waals surface area contributed by atoms with Gasteiger partial charge in [-0.05, 0) is 6.07 Å². The highest BCUT2D eigenvalue weighted by atomic mass is 16.2. The zero-order chi connectivity index (χ0) is 18.9. The summed E-state index contributed by atoms with van der Waals surface area (Å²) in [5.41, 5.74) is -0.827. The molecule has 0 aliphatic carbocycles. The Hall–Kier alpha value is -3.15. The van der Waals surface area contributed by atoms with Crippen LogP contribution >= 0.6 is 0 Å².